The highest BCUT2D eigenvalue weighted by atomic mass is 79.9. The molecule has 0 fully saturated rings. The van der Waals surface area contributed by atoms with Crippen molar-refractivity contribution in [3.63, 3.8) is 0 Å². The van der Waals surface area contributed by atoms with Crippen molar-refractivity contribution < 1.29 is 4.39 Å². The third-order valence-electron chi connectivity index (χ3n) is 2.82. The number of rotatable bonds is 2. The zero-order chi connectivity index (χ0) is 13.3. The van der Waals surface area contributed by atoms with Crippen LogP contribution in [0, 0.1) is 12.7 Å². The number of benzene rings is 2. The monoisotopic (exact) mass is 327 g/mol. The van der Waals surface area contributed by atoms with Crippen molar-refractivity contribution in [1.82, 2.24) is 0 Å². The predicted octanol–water partition coefficient (Wildman–Crippen LogP) is 4.60. The maximum Gasteiger partial charge on any atom is 0.127 e. The van der Waals surface area contributed by atoms with Crippen molar-refractivity contribution >= 4 is 27.5 Å². The molecule has 2 aromatic carbocycles. The van der Waals surface area contributed by atoms with Gasteiger partial charge in [-0.1, -0.05) is 39.7 Å². The van der Waals surface area contributed by atoms with E-state index in [9.17, 15) is 4.39 Å². The van der Waals surface area contributed by atoms with E-state index in [0.717, 1.165) is 15.6 Å². The molecule has 1 nitrogen and oxygen atoms in total. The number of halogens is 3. The summed E-state index contributed by atoms with van der Waals surface area (Å²) in [6.07, 6.45) is 0. The van der Waals surface area contributed by atoms with Crippen LogP contribution in [0.5, 0.6) is 0 Å². The predicted molar refractivity (Wildman–Crippen MR) is 76.3 cm³/mol. The molecule has 0 aliphatic carbocycles. The third-order valence-corrected chi connectivity index (χ3v) is 3.64. The molecule has 2 N–H and O–H groups in total. The molecule has 0 aromatic heterocycles. The van der Waals surface area contributed by atoms with Gasteiger partial charge in [0.15, 0.2) is 0 Å². The van der Waals surface area contributed by atoms with Crippen LogP contribution in [0.2, 0.25) is 5.02 Å². The van der Waals surface area contributed by atoms with Crippen molar-refractivity contribution in [3.8, 4) is 0 Å². The number of hydrogen-bond acceptors (Lipinski definition) is 1. The minimum absolute atomic E-state index is 0.315. The first-order valence-corrected chi connectivity index (χ1v) is 6.62. The van der Waals surface area contributed by atoms with Gasteiger partial charge in [-0.15, -0.1) is 0 Å². The Bertz CT molecular complexity index is 586. The molecule has 4 heteroatoms. The lowest BCUT2D eigenvalue weighted by molar-refractivity contribution is 0.617. The maximum atomic E-state index is 13.4. The minimum Gasteiger partial charge on any atom is -0.320 e. The van der Waals surface area contributed by atoms with Gasteiger partial charge in [0.05, 0.1) is 6.04 Å². The minimum atomic E-state index is -0.366. The topological polar surface area (TPSA) is 26.0 Å². The molecular formula is C14H12BrClFN. The molecule has 0 aliphatic rings. The fraction of sp³-hybridized carbons (Fsp3) is 0.143. The summed E-state index contributed by atoms with van der Waals surface area (Å²) in [4.78, 5) is 0. The summed E-state index contributed by atoms with van der Waals surface area (Å²) in [6, 6.07) is 10.3. The van der Waals surface area contributed by atoms with Gasteiger partial charge in [-0.25, -0.2) is 4.39 Å². The largest absolute Gasteiger partial charge is 0.320 e. The second-order valence-electron chi connectivity index (χ2n) is 4.16. The fourth-order valence-corrected chi connectivity index (χ4v) is 2.48. The second kappa shape index (κ2) is 5.39. The molecule has 2 aromatic rings. The lowest BCUT2D eigenvalue weighted by atomic mass is 9.98. The van der Waals surface area contributed by atoms with Crippen LogP contribution in [-0.2, 0) is 0 Å². The molecule has 0 radical (unpaired) electrons. The Morgan fingerprint density at radius 3 is 2.67 bits per heavy atom. The van der Waals surface area contributed by atoms with Crippen LogP contribution in [-0.4, -0.2) is 0 Å². The second-order valence-corrected chi connectivity index (χ2v) is 5.48. The molecule has 0 spiro atoms. The summed E-state index contributed by atoms with van der Waals surface area (Å²) < 4.78 is 14.3. The highest BCUT2D eigenvalue weighted by molar-refractivity contribution is 9.10. The Balaban J connectivity index is 2.46. The van der Waals surface area contributed by atoms with E-state index in [1.54, 1.807) is 13.0 Å². The highest BCUT2D eigenvalue weighted by Crippen LogP contribution is 2.29. The quantitative estimate of drug-likeness (QED) is 0.856. The summed E-state index contributed by atoms with van der Waals surface area (Å²) in [6.45, 7) is 1.70. The first-order valence-electron chi connectivity index (χ1n) is 5.45. The van der Waals surface area contributed by atoms with Crippen LogP contribution in [0.3, 0.4) is 0 Å². The average Bonchev–Trinajstić information content (AvgIpc) is 2.33. The molecule has 94 valence electrons. The first kappa shape index (κ1) is 13.5. The molecule has 2 rings (SSSR count). The van der Waals surface area contributed by atoms with E-state index in [4.69, 9.17) is 17.3 Å². The van der Waals surface area contributed by atoms with E-state index in [0.29, 0.717) is 10.6 Å². The van der Waals surface area contributed by atoms with Crippen molar-refractivity contribution in [3.05, 3.63) is 68.4 Å². The smallest absolute Gasteiger partial charge is 0.127 e. The molecule has 18 heavy (non-hydrogen) atoms. The van der Waals surface area contributed by atoms with Crippen LogP contribution in [0.15, 0.2) is 40.9 Å². The lowest BCUT2D eigenvalue weighted by Gasteiger charge is -2.15. The Hall–Kier alpha value is -0.900. The van der Waals surface area contributed by atoms with Gasteiger partial charge in [0.2, 0.25) is 0 Å². The molecule has 0 saturated carbocycles. The van der Waals surface area contributed by atoms with Crippen molar-refractivity contribution in [2.75, 3.05) is 0 Å². The molecule has 1 unspecified atom stereocenters. The SMILES string of the molecule is Cc1cc(C(N)c2cccc(Br)c2)c(Cl)cc1F. The number of nitrogens with two attached hydrogens (primary N) is 1. The van der Waals surface area contributed by atoms with Gasteiger partial charge >= 0.3 is 0 Å². The van der Waals surface area contributed by atoms with Gasteiger partial charge in [-0.2, -0.15) is 0 Å². The standard InChI is InChI=1S/C14H12BrClFN/c1-8-5-11(12(16)7-13(8)17)14(18)9-3-2-4-10(15)6-9/h2-7,14H,18H2,1H3. The zero-order valence-electron chi connectivity index (χ0n) is 9.75. The molecule has 0 heterocycles. The summed E-state index contributed by atoms with van der Waals surface area (Å²) in [7, 11) is 0. The van der Waals surface area contributed by atoms with Gasteiger partial charge in [-0.3, -0.25) is 0 Å². The van der Waals surface area contributed by atoms with E-state index >= 15 is 0 Å². The van der Waals surface area contributed by atoms with Gasteiger partial charge < -0.3 is 5.73 Å². The summed E-state index contributed by atoms with van der Waals surface area (Å²) in [5, 5.41) is 0.352. The number of aryl methyl sites for hydroxylation is 1. The first-order chi connectivity index (χ1) is 8.49. The molecule has 0 saturated heterocycles. The van der Waals surface area contributed by atoms with Gasteiger partial charge in [0.1, 0.15) is 5.82 Å². The van der Waals surface area contributed by atoms with Crippen molar-refractivity contribution in [1.29, 1.82) is 0 Å². The van der Waals surface area contributed by atoms with Crippen molar-refractivity contribution in [2.45, 2.75) is 13.0 Å². The normalized spacial score (nSPS) is 12.5. The third kappa shape index (κ3) is 2.74. The van der Waals surface area contributed by atoms with E-state index in [1.165, 1.54) is 6.07 Å². The van der Waals surface area contributed by atoms with Gasteiger partial charge in [0.25, 0.3) is 0 Å². The molecular weight excluding hydrogens is 317 g/mol. The molecule has 0 amide bonds. The van der Waals surface area contributed by atoms with E-state index in [-0.39, 0.29) is 11.9 Å². The average molecular weight is 329 g/mol. The lowest BCUT2D eigenvalue weighted by Crippen LogP contribution is -2.13. The van der Waals surface area contributed by atoms with Crippen LogP contribution in [0.25, 0.3) is 0 Å². The summed E-state index contributed by atoms with van der Waals surface area (Å²) in [5.41, 5.74) is 8.38. The molecule has 1 atom stereocenters. The van der Waals surface area contributed by atoms with Crippen LogP contribution in [0.4, 0.5) is 4.39 Å². The summed E-state index contributed by atoms with van der Waals surface area (Å²) in [5.74, 6) is -0.315. The van der Waals surface area contributed by atoms with Crippen molar-refractivity contribution in [2.24, 2.45) is 5.73 Å². The fourth-order valence-electron chi connectivity index (χ4n) is 1.80. The van der Waals surface area contributed by atoms with Crippen LogP contribution in [0.1, 0.15) is 22.7 Å². The van der Waals surface area contributed by atoms with Gasteiger partial charge in [0, 0.05) is 9.50 Å². The Labute approximate surface area is 119 Å². The summed E-state index contributed by atoms with van der Waals surface area (Å²) >= 11 is 9.45. The zero-order valence-corrected chi connectivity index (χ0v) is 12.1. The van der Waals surface area contributed by atoms with E-state index in [2.05, 4.69) is 15.9 Å². The molecule has 0 bridgehead atoms. The van der Waals surface area contributed by atoms with Gasteiger partial charge in [-0.05, 0) is 47.9 Å². The van der Waals surface area contributed by atoms with Crippen LogP contribution < -0.4 is 5.73 Å². The van der Waals surface area contributed by atoms with E-state index in [1.807, 2.05) is 24.3 Å². The molecule has 0 aliphatic heterocycles. The maximum absolute atomic E-state index is 13.4. The Morgan fingerprint density at radius 2 is 2.00 bits per heavy atom. The Kier molecular flexibility index (Phi) is 4.05. The van der Waals surface area contributed by atoms with E-state index < -0.39 is 0 Å². The number of hydrogen-bond donors (Lipinski definition) is 1. The highest BCUT2D eigenvalue weighted by Gasteiger charge is 2.14. The van der Waals surface area contributed by atoms with Crippen LogP contribution >= 0.6 is 27.5 Å². The Morgan fingerprint density at radius 1 is 1.28 bits per heavy atom.